The van der Waals surface area contributed by atoms with Crippen LogP contribution in [-0.2, 0) is 17.6 Å². The zero-order chi connectivity index (χ0) is 20.4. The van der Waals surface area contributed by atoms with Gasteiger partial charge in [0.05, 0.1) is 31.2 Å². The lowest BCUT2D eigenvalue weighted by Gasteiger charge is -2.20. The average Bonchev–Trinajstić information content (AvgIpc) is 2.75. The van der Waals surface area contributed by atoms with Crippen molar-refractivity contribution in [2.24, 2.45) is 4.99 Å². The summed E-state index contributed by atoms with van der Waals surface area (Å²) in [4.78, 5) is 16.7. The molecule has 29 heavy (non-hydrogen) atoms. The molecule has 0 aliphatic carbocycles. The van der Waals surface area contributed by atoms with Gasteiger partial charge in [0.1, 0.15) is 11.6 Å². The van der Waals surface area contributed by atoms with Crippen molar-refractivity contribution >= 4 is 17.4 Å². The predicted octanol–water partition coefficient (Wildman–Crippen LogP) is 4.89. The van der Waals surface area contributed by atoms with Gasteiger partial charge in [0.25, 0.3) is 0 Å². The van der Waals surface area contributed by atoms with Crippen molar-refractivity contribution in [2.45, 2.75) is 12.8 Å². The number of aliphatic imine (C=N–C) groups is 1. The lowest BCUT2D eigenvalue weighted by molar-refractivity contribution is 0.0600. The number of esters is 1. The number of rotatable bonds is 3. The zero-order valence-corrected chi connectivity index (χ0v) is 16.2. The van der Waals surface area contributed by atoms with Crippen LogP contribution in [0.3, 0.4) is 0 Å². The largest absolute Gasteiger partial charge is 0.496 e. The van der Waals surface area contributed by atoms with Gasteiger partial charge in [0, 0.05) is 22.8 Å². The Morgan fingerprint density at radius 3 is 2.48 bits per heavy atom. The van der Waals surface area contributed by atoms with Crippen molar-refractivity contribution in [1.29, 1.82) is 0 Å². The number of hydrogen-bond acceptors (Lipinski definition) is 4. The molecule has 0 amide bonds. The van der Waals surface area contributed by atoms with E-state index in [1.165, 1.54) is 19.2 Å². The summed E-state index contributed by atoms with van der Waals surface area (Å²) in [6, 6.07) is 17.8. The molecule has 3 aromatic rings. The normalized spacial score (nSPS) is 12.7. The summed E-state index contributed by atoms with van der Waals surface area (Å²) < 4.78 is 24.6. The van der Waals surface area contributed by atoms with Crippen LogP contribution in [0.4, 0.5) is 10.1 Å². The molecule has 4 nitrogen and oxygen atoms in total. The Kier molecular flexibility index (Phi) is 5.12. The number of carbonyl (C=O) groups is 1. The summed E-state index contributed by atoms with van der Waals surface area (Å²) in [5, 5.41) is 0. The minimum atomic E-state index is -0.408. The molecule has 0 N–H and O–H groups in total. The van der Waals surface area contributed by atoms with Crippen molar-refractivity contribution in [3.63, 3.8) is 0 Å². The van der Waals surface area contributed by atoms with Crippen molar-refractivity contribution in [3.8, 4) is 5.75 Å². The van der Waals surface area contributed by atoms with E-state index in [1.807, 2.05) is 18.2 Å². The van der Waals surface area contributed by atoms with E-state index in [0.717, 1.165) is 28.8 Å². The molecule has 0 saturated heterocycles. The van der Waals surface area contributed by atoms with Crippen LogP contribution in [0.15, 0.2) is 65.7 Å². The molecule has 3 aromatic carbocycles. The molecule has 146 valence electrons. The van der Waals surface area contributed by atoms with E-state index in [4.69, 9.17) is 14.5 Å². The number of halogens is 1. The third kappa shape index (κ3) is 3.63. The van der Waals surface area contributed by atoms with Gasteiger partial charge in [0.15, 0.2) is 0 Å². The topological polar surface area (TPSA) is 47.9 Å². The number of ether oxygens (including phenoxy) is 2. The van der Waals surface area contributed by atoms with Gasteiger partial charge >= 0.3 is 5.97 Å². The van der Waals surface area contributed by atoms with Crippen LogP contribution in [0, 0.1) is 5.82 Å². The van der Waals surface area contributed by atoms with Crippen LogP contribution >= 0.6 is 0 Å². The molecule has 0 atom stereocenters. The molecule has 0 saturated carbocycles. The van der Waals surface area contributed by atoms with Gasteiger partial charge in [0.2, 0.25) is 0 Å². The predicted molar refractivity (Wildman–Crippen MR) is 110 cm³/mol. The van der Waals surface area contributed by atoms with Crippen LogP contribution in [0.2, 0.25) is 0 Å². The Morgan fingerprint density at radius 1 is 1.00 bits per heavy atom. The van der Waals surface area contributed by atoms with Crippen LogP contribution in [0.1, 0.15) is 32.6 Å². The quantitative estimate of drug-likeness (QED) is 0.600. The van der Waals surface area contributed by atoms with Gasteiger partial charge in [-0.2, -0.15) is 0 Å². The molecule has 0 spiro atoms. The summed E-state index contributed by atoms with van der Waals surface area (Å²) in [5.41, 5.74) is 5.45. The van der Waals surface area contributed by atoms with Gasteiger partial charge in [-0.1, -0.05) is 30.3 Å². The van der Waals surface area contributed by atoms with E-state index >= 15 is 0 Å². The van der Waals surface area contributed by atoms with E-state index in [9.17, 15) is 9.18 Å². The Hall–Kier alpha value is -3.47. The highest BCUT2D eigenvalue weighted by molar-refractivity contribution is 6.15. The summed E-state index contributed by atoms with van der Waals surface area (Å²) in [6.07, 6.45) is 1.48. The van der Waals surface area contributed by atoms with Crippen LogP contribution in [-0.4, -0.2) is 25.9 Å². The van der Waals surface area contributed by atoms with Crippen molar-refractivity contribution in [1.82, 2.24) is 0 Å². The van der Waals surface area contributed by atoms with Crippen molar-refractivity contribution in [3.05, 3.63) is 94.3 Å². The Bertz CT molecular complexity index is 1100. The SMILES string of the molecule is COC(=O)c1ccc(C2=Nc3ccccc3CCc3c(OC)cc(F)cc32)cc1. The van der Waals surface area contributed by atoms with Gasteiger partial charge in [-0.05, 0) is 42.7 Å². The lowest BCUT2D eigenvalue weighted by Crippen LogP contribution is -2.13. The molecule has 1 aliphatic rings. The van der Waals surface area contributed by atoms with E-state index in [2.05, 4.69) is 6.07 Å². The van der Waals surface area contributed by atoms with Gasteiger partial charge < -0.3 is 9.47 Å². The van der Waals surface area contributed by atoms with E-state index in [1.54, 1.807) is 31.4 Å². The highest BCUT2D eigenvalue weighted by Crippen LogP contribution is 2.33. The number of methoxy groups -OCH3 is 2. The van der Waals surface area contributed by atoms with Crippen molar-refractivity contribution in [2.75, 3.05) is 14.2 Å². The smallest absolute Gasteiger partial charge is 0.337 e. The molecule has 5 heteroatoms. The number of benzene rings is 3. The second-order valence-corrected chi connectivity index (χ2v) is 6.79. The maximum atomic E-state index is 14.4. The first-order valence-corrected chi connectivity index (χ1v) is 9.33. The average molecular weight is 389 g/mol. The minimum Gasteiger partial charge on any atom is -0.496 e. The fourth-order valence-corrected chi connectivity index (χ4v) is 3.64. The fourth-order valence-electron chi connectivity index (χ4n) is 3.64. The van der Waals surface area contributed by atoms with E-state index in [-0.39, 0.29) is 5.82 Å². The van der Waals surface area contributed by atoms with Crippen LogP contribution in [0.25, 0.3) is 0 Å². The van der Waals surface area contributed by atoms with Gasteiger partial charge in [-0.15, -0.1) is 0 Å². The summed E-state index contributed by atoms with van der Waals surface area (Å²) in [7, 11) is 2.89. The highest BCUT2D eigenvalue weighted by Gasteiger charge is 2.21. The van der Waals surface area contributed by atoms with Gasteiger partial charge in [-0.3, -0.25) is 0 Å². The number of nitrogens with zero attached hydrogens (tertiary/aromatic N) is 1. The molecule has 1 heterocycles. The molecule has 0 bridgehead atoms. The number of aryl methyl sites for hydroxylation is 1. The number of fused-ring (bicyclic) bond motifs is 2. The maximum Gasteiger partial charge on any atom is 0.337 e. The Labute approximate surface area is 168 Å². The van der Waals surface area contributed by atoms with Gasteiger partial charge in [-0.25, -0.2) is 14.2 Å². The number of para-hydroxylation sites is 1. The highest BCUT2D eigenvalue weighted by atomic mass is 19.1. The molecule has 0 unspecified atom stereocenters. The van der Waals surface area contributed by atoms with Crippen LogP contribution in [0.5, 0.6) is 5.75 Å². The molecule has 1 aliphatic heterocycles. The Balaban J connectivity index is 1.94. The van der Waals surface area contributed by atoms with Crippen molar-refractivity contribution < 1.29 is 18.7 Å². The minimum absolute atomic E-state index is 0.381. The fraction of sp³-hybridized carbons (Fsp3) is 0.167. The van der Waals surface area contributed by atoms with E-state index in [0.29, 0.717) is 29.0 Å². The third-order valence-corrected chi connectivity index (χ3v) is 5.10. The molecular formula is C24H20FNO3. The first-order chi connectivity index (χ1) is 14.1. The Morgan fingerprint density at radius 2 is 1.76 bits per heavy atom. The number of hydrogen-bond donors (Lipinski definition) is 0. The second kappa shape index (κ2) is 7.87. The summed E-state index contributed by atoms with van der Waals surface area (Å²) in [5.74, 6) is -0.277. The maximum absolute atomic E-state index is 14.4. The third-order valence-electron chi connectivity index (χ3n) is 5.10. The standard InChI is InChI=1S/C24H20FNO3/c1-28-22-14-18(25)13-20-19(22)12-11-15-5-3-4-6-21(15)26-23(20)16-7-9-17(10-8-16)24(27)29-2/h3-10,13-14H,11-12H2,1-2H3. The second-order valence-electron chi connectivity index (χ2n) is 6.79. The zero-order valence-electron chi connectivity index (χ0n) is 16.2. The lowest BCUT2D eigenvalue weighted by atomic mass is 9.90. The molecule has 0 aromatic heterocycles. The summed E-state index contributed by atoms with van der Waals surface area (Å²) in [6.45, 7) is 0. The molecule has 0 fully saturated rings. The van der Waals surface area contributed by atoms with Crippen LogP contribution < -0.4 is 4.74 Å². The first kappa shape index (κ1) is 18.9. The molecule has 4 rings (SSSR count). The molecular weight excluding hydrogens is 369 g/mol. The molecule has 0 radical (unpaired) electrons. The van der Waals surface area contributed by atoms with E-state index < -0.39 is 5.97 Å². The summed E-state index contributed by atoms with van der Waals surface area (Å²) >= 11 is 0. The first-order valence-electron chi connectivity index (χ1n) is 9.33. The number of carbonyl (C=O) groups excluding carboxylic acids is 1. The monoisotopic (exact) mass is 389 g/mol.